The van der Waals surface area contributed by atoms with Gasteiger partial charge in [0.2, 0.25) is 0 Å². The van der Waals surface area contributed by atoms with E-state index in [1.807, 2.05) is 36.4 Å². The number of anilines is 3. The molecule has 1 amide bonds. The molecule has 0 fully saturated rings. The van der Waals surface area contributed by atoms with Crippen molar-refractivity contribution in [1.82, 2.24) is 4.98 Å². The van der Waals surface area contributed by atoms with Gasteiger partial charge in [0.1, 0.15) is 5.69 Å². The third-order valence-electron chi connectivity index (χ3n) is 3.16. The van der Waals surface area contributed by atoms with Crippen LogP contribution in [0.4, 0.5) is 17.1 Å². The number of hydrogen-bond donors (Lipinski definition) is 2. The maximum Gasteiger partial charge on any atom is 0.274 e. The molecular weight excluding hydrogens is 310 g/mol. The maximum absolute atomic E-state index is 12.3. The Bertz CT molecular complexity index is 804. The minimum atomic E-state index is -0.274. The number of halogens is 1. The minimum absolute atomic E-state index is 0.274. The van der Waals surface area contributed by atoms with Gasteiger partial charge in [0.15, 0.2) is 0 Å². The van der Waals surface area contributed by atoms with Gasteiger partial charge in [-0.1, -0.05) is 29.8 Å². The highest BCUT2D eigenvalue weighted by molar-refractivity contribution is 6.30. The second-order valence-electron chi connectivity index (χ2n) is 4.88. The fourth-order valence-electron chi connectivity index (χ4n) is 2.05. The third-order valence-corrected chi connectivity index (χ3v) is 3.41. The van der Waals surface area contributed by atoms with E-state index < -0.39 is 0 Å². The number of nitrogens with zero attached hydrogens (tertiary/aromatic N) is 1. The molecule has 0 aliphatic heterocycles. The van der Waals surface area contributed by atoms with Gasteiger partial charge in [-0.05, 0) is 48.5 Å². The molecule has 3 aromatic rings. The first kappa shape index (κ1) is 15.1. The summed E-state index contributed by atoms with van der Waals surface area (Å²) >= 11 is 5.83. The number of aromatic nitrogens is 1. The van der Waals surface area contributed by atoms with Gasteiger partial charge in [-0.3, -0.25) is 9.78 Å². The summed E-state index contributed by atoms with van der Waals surface area (Å²) in [5.74, 6) is -0.274. The van der Waals surface area contributed by atoms with Crippen molar-refractivity contribution in [2.24, 2.45) is 0 Å². The van der Waals surface area contributed by atoms with E-state index in [-0.39, 0.29) is 5.91 Å². The monoisotopic (exact) mass is 323 g/mol. The van der Waals surface area contributed by atoms with Gasteiger partial charge >= 0.3 is 0 Å². The Balaban J connectivity index is 1.73. The predicted octanol–water partition coefficient (Wildman–Crippen LogP) is 4.73. The van der Waals surface area contributed by atoms with Gasteiger partial charge in [0.25, 0.3) is 5.91 Å². The van der Waals surface area contributed by atoms with Crippen LogP contribution >= 0.6 is 11.6 Å². The zero-order valence-electron chi connectivity index (χ0n) is 12.2. The lowest BCUT2D eigenvalue weighted by atomic mass is 10.2. The van der Waals surface area contributed by atoms with E-state index in [1.165, 1.54) is 0 Å². The van der Waals surface area contributed by atoms with Crippen LogP contribution in [0.5, 0.6) is 0 Å². The van der Waals surface area contributed by atoms with Crippen molar-refractivity contribution in [1.29, 1.82) is 0 Å². The summed E-state index contributed by atoms with van der Waals surface area (Å²) in [6, 6.07) is 20.2. The van der Waals surface area contributed by atoms with Crippen LogP contribution in [-0.2, 0) is 0 Å². The zero-order valence-corrected chi connectivity index (χ0v) is 12.9. The van der Waals surface area contributed by atoms with Crippen LogP contribution in [0.1, 0.15) is 10.5 Å². The number of para-hydroxylation sites is 1. The lowest BCUT2D eigenvalue weighted by molar-refractivity contribution is 0.102. The smallest absolute Gasteiger partial charge is 0.274 e. The lowest BCUT2D eigenvalue weighted by Crippen LogP contribution is -2.13. The number of nitrogens with one attached hydrogen (secondary N) is 2. The molecular formula is C18H14ClN3O. The van der Waals surface area contributed by atoms with Crippen LogP contribution in [0.2, 0.25) is 5.02 Å². The molecule has 0 spiro atoms. The van der Waals surface area contributed by atoms with Gasteiger partial charge in [0, 0.05) is 28.3 Å². The molecule has 5 heteroatoms. The summed E-state index contributed by atoms with van der Waals surface area (Å²) in [5, 5.41) is 6.64. The first-order valence-corrected chi connectivity index (χ1v) is 7.43. The molecule has 23 heavy (non-hydrogen) atoms. The van der Waals surface area contributed by atoms with Crippen LogP contribution in [0.15, 0.2) is 72.9 Å². The van der Waals surface area contributed by atoms with E-state index >= 15 is 0 Å². The number of amides is 1. The maximum atomic E-state index is 12.3. The van der Waals surface area contributed by atoms with E-state index in [1.54, 1.807) is 36.5 Å². The molecule has 0 bridgehead atoms. The molecule has 0 atom stereocenters. The van der Waals surface area contributed by atoms with Crippen molar-refractivity contribution in [3.8, 4) is 0 Å². The highest BCUT2D eigenvalue weighted by atomic mass is 35.5. The molecule has 2 aromatic carbocycles. The lowest BCUT2D eigenvalue weighted by Gasteiger charge is -2.08. The second kappa shape index (κ2) is 6.94. The Kier molecular flexibility index (Phi) is 4.54. The van der Waals surface area contributed by atoms with Crippen molar-refractivity contribution in [3.63, 3.8) is 0 Å². The first-order valence-electron chi connectivity index (χ1n) is 7.06. The fraction of sp³-hybridized carbons (Fsp3) is 0. The number of hydrogen-bond acceptors (Lipinski definition) is 3. The predicted molar refractivity (Wildman–Crippen MR) is 93.4 cm³/mol. The number of carbonyl (C=O) groups excluding carboxylic acids is 1. The molecule has 1 heterocycles. The molecule has 114 valence electrons. The van der Waals surface area contributed by atoms with E-state index in [4.69, 9.17) is 11.6 Å². The molecule has 4 nitrogen and oxygen atoms in total. The molecule has 0 aliphatic carbocycles. The normalized spacial score (nSPS) is 10.1. The Morgan fingerprint density at radius 2 is 1.61 bits per heavy atom. The van der Waals surface area contributed by atoms with E-state index in [0.29, 0.717) is 16.4 Å². The summed E-state index contributed by atoms with van der Waals surface area (Å²) in [6.07, 6.45) is 1.60. The topological polar surface area (TPSA) is 54.0 Å². The Morgan fingerprint density at radius 3 is 2.35 bits per heavy atom. The Morgan fingerprint density at radius 1 is 0.870 bits per heavy atom. The van der Waals surface area contributed by atoms with Crippen molar-refractivity contribution >= 4 is 34.6 Å². The molecule has 0 aliphatic rings. The average Bonchev–Trinajstić information content (AvgIpc) is 2.58. The highest BCUT2D eigenvalue weighted by Crippen LogP contribution is 2.18. The quantitative estimate of drug-likeness (QED) is 0.729. The van der Waals surface area contributed by atoms with Gasteiger partial charge in [-0.15, -0.1) is 0 Å². The SMILES string of the molecule is O=C(Nc1ccc(Cl)cc1)c1cc(Nc2ccccc2)ccn1. The Hall–Kier alpha value is -2.85. The average molecular weight is 324 g/mol. The van der Waals surface area contributed by atoms with Crippen LogP contribution in [0.25, 0.3) is 0 Å². The van der Waals surface area contributed by atoms with Crippen molar-refractivity contribution in [2.45, 2.75) is 0 Å². The molecule has 0 saturated carbocycles. The first-order chi connectivity index (χ1) is 11.2. The molecule has 0 radical (unpaired) electrons. The minimum Gasteiger partial charge on any atom is -0.355 e. The van der Waals surface area contributed by atoms with E-state index in [2.05, 4.69) is 15.6 Å². The van der Waals surface area contributed by atoms with Gasteiger partial charge in [-0.25, -0.2) is 0 Å². The molecule has 2 N–H and O–H groups in total. The summed E-state index contributed by atoms with van der Waals surface area (Å²) in [5.41, 5.74) is 2.75. The largest absolute Gasteiger partial charge is 0.355 e. The van der Waals surface area contributed by atoms with Crippen LogP contribution in [0, 0.1) is 0 Å². The summed E-state index contributed by atoms with van der Waals surface area (Å²) in [7, 11) is 0. The number of carbonyl (C=O) groups is 1. The number of rotatable bonds is 4. The van der Waals surface area contributed by atoms with Crippen molar-refractivity contribution < 1.29 is 4.79 Å². The third kappa shape index (κ3) is 4.08. The standard InChI is InChI=1S/C18H14ClN3O/c19-13-6-8-15(9-7-13)22-18(23)17-12-16(10-11-20-17)21-14-4-2-1-3-5-14/h1-12H,(H,20,21)(H,22,23). The van der Waals surface area contributed by atoms with Crippen molar-refractivity contribution in [3.05, 3.63) is 83.6 Å². The van der Waals surface area contributed by atoms with Crippen LogP contribution < -0.4 is 10.6 Å². The molecule has 1 aromatic heterocycles. The number of pyridine rings is 1. The number of benzene rings is 2. The summed E-state index contributed by atoms with van der Waals surface area (Å²) < 4.78 is 0. The zero-order chi connectivity index (χ0) is 16.1. The summed E-state index contributed by atoms with van der Waals surface area (Å²) in [4.78, 5) is 16.4. The molecule has 0 saturated heterocycles. The van der Waals surface area contributed by atoms with Crippen LogP contribution in [-0.4, -0.2) is 10.9 Å². The van der Waals surface area contributed by atoms with Crippen LogP contribution in [0.3, 0.4) is 0 Å². The second-order valence-corrected chi connectivity index (χ2v) is 5.32. The van der Waals surface area contributed by atoms with E-state index in [0.717, 1.165) is 11.4 Å². The van der Waals surface area contributed by atoms with Gasteiger partial charge < -0.3 is 10.6 Å². The molecule has 0 unspecified atom stereocenters. The summed E-state index contributed by atoms with van der Waals surface area (Å²) in [6.45, 7) is 0. The Labute approximate surface area is 139 Å². The van der Waals surface area contributed by atoms with Gasteiger partial charge in [0.05, 0.1) is 0 Å². The van der Waals surface area contributed by atoms with E-state index in [9.17, 15) is 4.79 Å². The fourth-order valence-corrected chi connectivity index (χ4v) is 2.17. The van der Waals surface area contributed by atoms with Crippen molar-refractivity contribution in [2.75, 3.05) is 10.6 Å². The van der Waals surface area contributed by atoms with Gasteiger partial charge in [-0.2, -0.15) is 0 Å². The molecule has 3 rings (SSSR count). The highest BCUT2D eigenvalue weighted by Gasteiger charge is 2.08.